The van der Waals surface area contributed by atoms with Crippen molar-refractivity contribution in [3.8, 4) is 0 Å². The standard InChI is InChI=1S/C17H26N2O2/c1-5-15-17(20)19(10-13(3)11-21-4)16(18-15)14-8-6-12(2)7-9-14/h6-9,13,15-16,18H,5,10-11H2,1-4H3. The van der Waals surface area contributed by atoms with Crippen LogP contribution in [0.25, 0.3) is 0 Å². The fourth-order valence-corrected chi connectivity index (χ4v) is 2.87. The number of ether oxygens (including phenoxy) is 1. The van der Waals surface area contributed by atoms with Crippen LogP contribution in [0.3, 0.4) is 0 Å². The Morgan fingerprint density at radius 2 is 2.00 bits per heavy atom. The molecule has 2 rings (SSSR count). The molecule has 1 amide bonds. The summed E-state index contributed by atoms with van der Waals surface area (Å²) in [6, 6.07) is 8.32. The minimum atomic E-state index is -0.0777. The number of hydrogen-bond donors (Lipinski definition) is 1. The van der Waals surface area contributed by atoms with Gasteiger partial charge in [0, 0.05) is 13.7 Å². The van der Waals surface area contributed by atoms with Crippen LogP contribution in [0.1, 0.15) is 37.6 Å². The van der Waals surface area contributed by atoms with Crippen molar-refractivity contribution in [3.63, 3.8) is 0 Å². The summed E-state index contributed by atoms with van der Waals surface area (Å²) in [5.74, 6) is 0.523. The number of benzene rings is 1. The van der Waals surface area contributed by atoms with Gasteiger partial charge in [-0.15, -0.1) is 0 Å². The molecule has 1 aliphatic heterocycles. The Bertz CT molecular complexity index is 472. The van der Waals surface area contributed by atoms with Crippen molar-refractivity contribution in [3.05, 3.63) is 35.4 Å². The third-order valence-electron chi connectivity index (χ3n) is 4.01. The van der Waals surface area contributed by atoms with Crippen molar-refractivity contribution in [1.29, 1.82) is 0 Å². The second kappa shape index (κ2) is 7.05. The Balaban J connectivity index is 2.19. The molecule has 116 valence electrons. The summed E-state index contributed by atoms with van der Waals surface area (Å²) in [4.78, 5) is 14.5. The number of nitrogens with zero attached hydrogens (tertiary/aromatic N) is 1. The lowest BCUT2D eigenvalue weighted by molar-refractivity contribution is -0.130. The molecule has 0 bridgehead atoms. The lowest BCUT2D eigenvalue weighted by atomic mass is 10.1. The first kappa shape index (κ1) is 16.0. The number of nitrogens with one attached hydrogen (secondary N) is 1. The third-order valence-corrected chi connectivity index (χ3v) is 4.01. The number of aryl methyl sites for hydroxylation is 1. The zero-order valence-corrected chi connectivity index (χ0v) is 13.4. The van der Waals surface area contributed by atoms with Crippen LogP contribution in [0, 0.1) is 12.8 Å². The number of carbonyl (C=O) groups excluding carboxylic acids is 1. The number of rotatable bonds is 6. The van der Waals surface area contributed by atoms with Crippen LogP contribution < -0.4 is 5.32 Å². The van der Waals surface area contributed by atoms with Crippen molar-refractivity contribution in [2.24, 2.45) is 5.92 Å². The van der Waals surface area contributed by atoms with E-state index in [9.17, 15) is 4.79 Å². The highest BCUT2D eigenvalue weighted by Gasteiger charge is 2.38. The Kier molecular flexibility index (Phi) is 5.37. The van der Waals surface area contributed by atoms with Gasteiger partial charge in [0.15, 0.2) is 0 Å². The number of methoxy groups -OCH3 is 1. The van der Waals surface area contributed by atoms with E-state index in [4.69, 9.17) is 4.74 Å². The average molecular weight is 290 g/mol. The zero-order chi connectivity index (χ0) is 15.4. The van der Waals surface area contributed by atoms with Gasteiger partial charge in [0.25, 0.3) is 0 Å². The van der Waals surface area contributed by atoms with Crippen LogP contribution in [0.5, 0.6) is 0 Å². The van der Waals surface area contributed by atoms with E-state index in [-0.39, 0.29) is 18.1 Å². The van der Waals surface area contributed by atoms with Crippen molar-refractivity contribution >= 4 is 5.91 Å². The topological polar surface area (TPSA) is 41.6 Å². The second-order valence-corrected chi connectivity index (χ2v) is 5.99. The summed E-state index contributed by atoms with van der Waals surface area (Å²) in [7, 11) is 1.70. The van der Waals surface area contributed by atoms with Gasteiger partial charge < -0.3 is 9.64 Å². The van der Waals surface area contributed by atoms with Crippen LogP contribution in [-0.4, -0.2) is 37.1 Å². The molecule has 1 heterocycles. The predicted octanol–water partition coefficient (Wildman–Crippen LogP) is 2.49. The molecule has 3 unspecified atom stereocenters. The van der Waals surface area contributed by atoms with E-state index >= 15 is 0 Å². The molecule has 4 heteroatoms. The first-order valence-corrected chi connectivity index (χ1v) is 7.68. The molecule has 1 saturated heterocycles. The fraction of sp³-hybridized carbons (Fsp3) is 0.588. The van der Waals surface area contributed by atoms with Crippen LogP contribution in [0.2, 0.25) is 0 Å². The summed E-state index contributed by atoms with van der Waals surface area (Å²) in [5.41, 5.74) is 2.38. The molecular weight excluding hydrogens is 264 g/mol. The second-order valence-electron chi connectivity index (χ2n) is 5.99. The van der Waals surface area contributed by atoms with Gasteiger partial charge in [-0.05, 0) is 24.8 Å². The van der Waals surface area contributed by atoms with E-state index < -0.39 is 0 Å². The van der Waals surface area contributed by atoms with E-state index in [1.807, 2.05) is 11.8 Å². The number of carbonyl (C=O) groups is 1. The molecule has 1 aliphatic rings. The van der Waals surface area contributed by atoms with Crippen LogP contribution in [0.15, 0.2) is 24.3 Å². The first-order chi connectivity index (χ1) is 10.1. The molecule has 1 aromatic carbocycles. The highest BCUT2D eigenvalue weighted by Crippen LogP contribution is 2.27. The Morgan fingerprint density at radius 1 is 1.33 bits per heavy atom. The first-order valence-electron chi connectivity index (χ1n) is 7.68. The van der Waals surface area contributed by atoms with E-state index in [2.05, 4.69) is 43.4 Å². The zero-order valence-electron chi connectivity index (χ0n) is 13.4. The highest BCUT2D eigenvalue weighted by atomic mass is 16.5. The van der Waals surface area contributed by atoms with Gasteiger partial charge in [-0.3, -0.25) is 10.1 Å². The minimum Gasteiger partial charge on any atom is -0.384 e. The summed E-state index contributed by atoms with van der Waals surface area (Å²) in [6.07, 6.45) is 0.790. The maximum atomic E-state index is 12.5. The van der Waals surface area contributed by atoms with Gasteiger partial charge >= 0.3 is 0 Å². The molecule has 0 spiro atoms. The maximum absolute atomic E-state index is 12.5. The maximum Gasteiger partial charge on any atom is 0.241 e. The minimum absolute atomic E-state index is 0.0256. The lowest BCUT2D eigenvalue weighted by Crippen LogP contribution is -2.35. The predicted molar refractivity (Wildman–Crippen MR) is 83.9 cm³/mol. The number of hydrogen-bond acceptors (Lipinski definition) is 3. The molecule has 21 heavy (non-hydrogen) atoms. The third kappa shape index (κ3) is 3.63. The average Bonchev–Trinajstić information content (AvgIpc) is 2.77. The SMILES string of the molecule is CCC1NC(c2ccc(C)cc2)N(CC(C)COC)C1=O. The Morgan fingerprint density at radius 3 is 2.57 bits per heavy atom. The molecule has 1 aromatic rings. The van der Waals surface area contributed by atoms with E-state index in [1.165, 1.54) is 5.56 Å². The van der Waals surface area contributed by atoms with E-state index in [0.717, 1.165) is 12.0 Å². The fourth-order valence-electron chi connectivity index (χ4n) is 2.87. The van der Waals surface area contributed by atoms with Crippen LogP contribution in [0.4, 0.5) is 0 Å². The molecule has 1 N–H and O–H groups in total. The number of amides is 1. The normalized spacial score (nSPS) is 23.6. The highest BCUT2D eigenvalue weighted by molar-refractivity contribution is 5.84. The van der Waals surface area contributed by atoms with Gasteiger partial charge in [0.05, 0.1) is 12.6 Å². The van der Waals surface area contributed by atoms with E-state index in [0.29, 0.717) is 19.1 Å². The van der Waals surface area contributed by atoms with Gasteiger partial charge in [0.1, 0.15) is 6.17 Å². The molecule has 1 fully saturated rings. The largest absolute Gasteiger partial charge is 0.384 e. The van der Waals surface area contributed by atoms with Gasteiger partial charge in [-0.1, -0.05) is 43.7 Å². The Hall–Kier alpha value is -1.39. The summed E-state index contributed by atoms with van der Waals surface area (Å²) in [6.45, 7) is 7.62. The van der Waals surface area contributed by atoms with Gasteiger partial charge in [0.2, 0.25) is 5.91 Å². The molecule has 0 aromatic heterocycles. The Labute approximate surface area is 127 Å². The van der Waals surface area contributed by atoms with Crippen molar-refractivity contribution < 1.29 is 9.53 Å². The lowest BCUT2D eigenvalue weighted by Gasteiger charge is -2.27. The van der Waals surface area contributed by atoms with Crippen molar-refractivity contribution in [2.45, 2.75) is 39.4 Å². The van der Waals surface area contributed by atoms with Crippen molar-refractivity contribution in [2.75, 3.05) is 20.3 Å². The molecule has 3 atom stereocenters. The molecule has 4 nitrogen and oxygen atoms in total. The van der Waals surface area contributed by atoms with Crippen LogP contribution in [-0.2, 0) is 9.53 Å². The molecular formula is C17H26N2O2. The molecule has 0 radical (unpaired) electrons. The smallest absolute Gasteiger partial charge is 0.241 e. The monoisotopic (exact) mass is 290 g/mol. The summed E-state index contributed by atoms with van der Waals surface area (Å²) >= 11 is 0. The molecule has 0 saturated carbocycles. The van der Waals surface area contributed by atoms with Gasteiger partial charge in [-0.25, -0.2) is 0 Å². The van der Waals surface area contributed by atoms with Crippen molar-refractivity contribution in [1.82, 2.24) is 10.2 Å². The quantitative estimate of drug-likeness (QED) is 0.875. The summed E-state index contributed by atoms with van der Waals surface area (Å²) < 4.78 is 5.20. The van der Waals surface area contributed by atoms with Gasteiger partial charge in [-0.2, -0.15) is 0 Å². The van der Waals surface area contributed by atoms with Crippen LogP contribution >= 0.6 is 0 Å². The summed E-state index contributed by atoms with van der Waals surface area (Å²) in [5, 5.41) is 3.46. The molecule has 0 aliphatic carbocycles. The van der Waals surface area contributed by atoms with E-state index in [1.54, 1.807) is 7.11 Å².